The molecule has 0 aliphatic heterocycles. The number of carbonyl (C=O) groups is 2. The molecule has 2 aromatic carbocycles. The number of amides is 1. The lowest BCUT2D eigenvalue weighted by Gasteiger charge is -2.08. The van der Waals surface area contributed by atoms with E-state index in [-0.39, 0.29) is 11.7 Å². The van der Waals surface area contributed by atoms with Gasteiger partial charge in [0.15, 0.2) is 5.16 Å². The number of carbonyl (C=O) groups excluding carboxylic acids is 2. The van der Waals surface area contributed by atoms with Gasteiger partial charge in [0.05, 0.1) is 24.2 Å². The molecule has 0 fully saturated rings. The van der Waals surface area contributed by atoms with Crippen LogP contribution in [0.4, 0.5) is 5.69 Å². The van der Waals surface area contributed by atoms with E-state index in [1.54, 1.807) is 36.0 Å². The predicted molar refractivity (Wildman–Crippen MR) is 124 cm³/mol. The molecule has 0 saturated carbocycles. The SMILES string of the molecule is CCn1c(CSCc2ccccc2)nnc1SCC(=O)Nc1ccc(C(=O)OC)cc1. The molecule has 7 nitrogen and oxygen atoms in total. The summed E-state index contributed by atoms with van der Waals surface area (Å²) in [5, 5.41) is 12.1. The van der Waals surface area contributed by atoms with Crippen molar-refractivity contribution in [2.24, 2.45) is 0 Å². The number of methoxy groups -OCH3 is 1. The Labute approximate surface area is 190 Å². The maximum absolute atomic E-state index is 12.3. The molecule has 0 unspecified atom stereocenters. The van der Waals surface area contributed by atoms with E-state index in [0.717, 1.165) is 29.0 Å². The smallest absolute Gasteiger partial charge is 0.337 e. The molecule has 31 heavy (non-hydrogen) atoms. The number of benzene rings is 2. The molecule has 1 amide bonds. The number of rotatable bonds is 10. The van der Waals surface area contributed by atoms with Crippen LogP contribution in [0.1, 0.15) is 28.7 Å². The van der Waals surface area contributed by atoms with E-state index in [4.69, 9.17) is 0 Å². The molecule has 9 heteroatoms. The van der Waals surface area contributed by atoms with Crippen LogP contribution in [0.3, 0.4) is 0 Å². The number of nitrogens with zero attached hydrogens (tertiary/aromatic N) is 3. The van der Waals surface area contributed by atoms with Crippen LogP contribution in [-0.4, -0.2) is 39.5 Å². The summed E-state index contributed by atoms with van der Waals surface area (Å²) < 4.78 is 6.71. The van der Waals surface area contributed by atoms with E-state index in [1.807, 2.05) is 29.7 Å². The molecule has 1 N–H and O–H groups in total. The molecule has 3 rings (SSSR count). The van der Waals surface area contributed by atoms with Crippen LogP contribution in [0, 0.1) is 0 Å². The van der Waals surface area contributed by atoms with Crippen molar-refractivity contribution >= 4 is 41.1 Å². The Balaban J connectivity index is 1.50. The maximum Gasteiger partial charge on any atom is 0.337 e. The van der Waals surface area contributed by atoms with E-state index in [9.17, 15) is 9.59 Å². The van der Waals surface area contributed by atoms with E-state index >= 15 is 0 Å². The van der Waals surface area contributed by atoms with Crippen molar-refractivity contribution < 1.29 is 14.3 Å². The van der Waals surface area contributed by atoms with Crippen LogP contribution >= 0.6 is 23.5 Å². The number of ether oxygens (including phenoxy) is 1. The molecule has 0 aliphatic carbocycles. The van der Waals surface area contributed by atoms with Gasteiger partial charge in [0.2, 0.25) is 5.91 Å². The summed E-state index contributed by atoms with van der Waals surface area (Å²) in [6.45, 7) is 2.79. The molecule has 0 saturated heterocycles. The molecule has 0 aliphatic rings. The predicted octanol–water partition coefficient (Wildman–Crippen LogP) is 4.25. The Morgan fingerprint density at radius 1 is 1.03 bits per heavy atom. The second-order valence-corrected chi connectivity index (χ2v) is 8.46. The van der Waals surface area contributed by atoms with Gasteiger partial charge in [0, 0.05) is 18.0 Å². The molecular weight excluding hydrogens is 432 g/mol. The summed E-state index contributed by atoms with van der Waals surface area (Å²) in [7, 11) is 1.33. The zero-order valence-electron chi connectivity index (χ0n) is 17.4. The number of esters is 1. The summed E-state index contributed by atoms with van der Waals surface area (Å²) in [6.07, 6.45) is 0. The van der Waals surface area contributed by atoms with Crippen molar-refractivity contribution in [2.75, 3.05) is 18.2 Å². The van der Waals surface area contributed by atoms with E-state index in [0.29, 0.717) is 11.3 Å². The third-order valence-electron chi connectivity index (χ3n) is 4.37. The molecule has 0 radical (unpaired) electrons. The number of anilines is 1. The van der Waals surface area contributed by atoms with Gasteiger partial charge in [0.25, 0.3) is 0 Å². The Bertz CT molecular complexity index is 1010. The van der Waals surface area contributed by atoms with Crippen LogP contribution < -0.4 is 5.32 Å². The van der Waals surface area contributed by atoms with Gasteiger partial charge >= 0.3 is 5.97 Å². The molecule has 1 heterocycles. The van der Waals surface area contributed by atoms with E-state index in [2.05, 4.69) is 32.4 Å². The van der Waals surface area contributed by atoms with Gasteiger partial charge < -0.3 is 14.6 Å². The fraction of sp³-hybridized carbons (Fsp3) is 0.273. The summed E-state index contributed by atoms with van der Waals surface area (Å²) >= 11 is 3.14. The van der Waals surface area contributed by atoms with Crippen molar-refractivity contribution in [2.45, 2.75) is 30.1 Å². The van der Waals surface area contributed by atoms with Gasteiger partial charge in [-0.1, -0.05) is 42.1 Å². The van der Waals surface area contributed by atoms with E-state index < -0.39 is 5.97 Å². The normalized spacial score (nSPS) is 10.6. The van der Waals surface area contributed by atoms with Gasteiger partial charge in [-0.3, -0.25) is 4.79 Å². The quantitative estimate of drug-likeness (QED) is 0.360. The summed E-state index contributed by atoms with van der Waals surface area (Å²) in [5.41, 5.74) is 2.33. The van der Waals surface area contributed by atoms with Gasteiger partial charge in [-0.2, -0.15) is 0 Å². The highest BCUT2D eigenvalue weighted by atomic mass is 32.2. The summed E-state index contributed by atoms with van der Waals surface area (Å²) in [6, 6.07) is 16.9. The lowest BCUT2D eigenvalue weighted by molar-refractivity contribution is -0.113. The Kier molecular flexibility index (Phi) is 8.54. The van der Waals surface area contributed by atoms with Crippen LogP contribution in [0.25, 0.3) is 0 Å². The van der Waals surface area contributed by atoms with Gasteiger partial charge in [-0.15, -0.1) is 22.0 Å². The highest BCUT2D eigenvalue weighted by Gasteiger charge is 2.14. The maximum atomic E-state index is 12.3. The zero-order valence-corrected chi connectivity index (χ0v) is 19.0. The molecule has 0 bridgehead atoms. The minimum atomic E-state index is -0.412. The van der Waals surface area contributed by atoms with Crippen LogP contribution in [0.5, 0.6) is 0 Å². The average molecular weight is 457 g/mol. The Morgan fingerprint density at radius 3 is 2.45 bits per heavy atom. The number of hydrogen-bond donors (Lipinski definition) is 1. The molecule has 1 aromatic heterocycles. The fourth-order valence-corrected chi connectivity index (χ4v) is 4.57. The average Bonchev–Trinajstić information content (AvgIpc) is 3.20. The largest absolute Gasteiger partial charge is 0.465 e. The summed E-state index contributed by atoms with van der Waals surface area (Å²) in [4.78, 5) is 23.8. The standard InChI is InChI=1S/C22H24N4O3S2/c1-3-26-19(14-30-13-16-7-5-4-6-8-16)24-25-22(26)31-15-20(27)23-18-11-9-17(10-12-18)21(28)29-2/h4-12H,3,13-15H2,1-2H3,(H,23,27). The lowest BCUT2D eigenvalue weighted by atomic mass is 10.2. The van der Waals surface area contributed by atoms with Gasteiger partial charge in [-0.05, 0) is 36.8 Å². The van der Waals surface area contributed by atoms with Crippen molar-refractivity contribution in [1.29, 1.82) is 0 Å². The molecule has 0 atom stereocenters. The van der Waals surface area contributed by atoms with Crippen LogP contribution in [0.2, 0.25) is 0 Å². The first kappa shape index (κ1) is 22.9. The molecular formula is C22H24N4O3S2. The first-order chi connectivity index (χ1) is 15.1. The zero-order chi connectivity index (χ0) is 22.1. The topological polar surface area (TPSA) is 86.1 Å². The fourth-order valence-electron chi connectivity index (χ4n) is 2.82. The third-order valence-corrected chi connectivity index (χ3v) is 6.34. The lowest BCUT2D eigenvalue weighted by Crippen LogP contribution is -2.15. The molecule has 162 valence electrons. The van der Waals surface area contributed by atoms with Crippen molar-refractivity contribution in [1.82, 2.24) is 14.8 Å². The number of thioether (sulfide) groups is 2. The Morgan fingerprint density at radius 2 is 1.77 bits per heavy atom. The number of hydrogen-bond acceptors (Lipinski definition) is 7. The minimum Gasteiger partial charge on any atom is -0.465 e. The van der Waals surface area contributed by atoms with Gasteiger partial charge in [-0.25, -0.2) is 4.79 Å². The molecule has 3 aromatic rings. The van der Waals surface area contributed by atoms with Crippen molar-refractivity contribution in [3.8, 4) is 0 Å². The second-order valence-electron chi connectivity index (χ2n) is 6.53. The first-order valence-electron chi connectivity index (χ1n) is 9.75. The monoisotopic (exact) mass is 456 g/mol. The minimum absolute atomic E-state index is 0.151. The number of aromatic nitrogens is 3. The van der Waals surface area contributed by atoms with Crippen LogP contribution in [-0.2, 0) is 27.6 Å². The first-order valence-corrected chi connectivity index (χ1v) is 11.9. The second kappa shape index (κ2) is 11.6. The highest BCUT2D eigenvalue weighted by Crippen LogP contribution is 2.22. The van der Waals surface area contributed by atoms with Crippen molar-refractivity contribution in [3.63, 3.8) is 0 Å². The highest BCUT2D eigenvalue weighted by molar-refractivity contribution is 7.99. The van der Waals surface area contributed by atoms with Crippen molar-refractivity contribution in [3.05, 3.63) is 71.5 Å². The molecule has 0 spiro atoms. The number of nitrogens with one attached hydrogen (secondary N) is 1. The van der Waals surface area contributed by atoms with E-state index in [1.165, 1.54) is 24.4 Å². The Hall–Kier alpha value is -2.78. The summed E-state index contributed by atoms with van der Waals surface area (Å²) in [5.74, 6) is 2.23. The van der Waals surface area contributed by atoms with Crippen LogP contribution in [0.15, 0.2) is 59.8 Å². The third kappa shape index (κ3) is 6.60. The van der Waals surface area contributed by atoms with Gasteiger partial charge in [0.1, 0.15) is 5.82 Å².